The van der Waals surface area contributed by atoms with Crippen LogP contribution in [0.4, 0.5) is 5.69 Å². The number of piperazine rings is 1. The summed E-state index contributed by atoms with van der Waals surface area (Å²) in [5.74, 6) is 1.34. The van der Waals surface area contributed by atoms with Crippen molar-refractivity contribution in [1.29, 1.82) is 0 Å². The Morgan fingerprint density at radius 3 is 2.71 bits per heavy atom. The van der Waals surface area contributed by atoms with Crippen molar-refractivity contribution in [2.75, 3.05) is 36.8 Å². The van der Waals surface area contributed by atoms with Gasteiger partial charge >= 0.3 is 0 Å². The number of nitrogens with zero attached hydrogens (tertiary/aromatic N) is 5. The average Bonchev–Trinajstić information content (AvgIpc) is 3.36. The Labute approximate surface area is 177 Å². The molecule has 0 saturated carbocycles. The van der Waals surface area contributed by atoms with Crippen LogP contribution < -0.4 is 4.90 Å². The number of carbonyl (C=O) groups excluding carboxylic acids is 1. The summed E-state index contributed by atoms with van der Waals surface area (Å²) in [6.07, 6.45) is 0. The zero-order chi connectivity index (χ0) is 19.5. The van der Waals surface area contributed by atoms with E-state index in [-0.39, 0.29) is 5.91 Å². The quantitative estimate of drug-likeness (QED) is 0.575. The Kier molecular flexibility index (Phi) is 5.89. The van der Waals surface area contributed by atoms with Crippen LogP contribution in [0.15, 0.2) is 46.9 Å². The normalized spacial score (nSPS) is 14.5. The standard InChI is InChI=1S/C19H20ClN5OS2/c1-23-18(16-6-3-11-27-16)21-22-19(23)28-13-17(26)25-9-7-24(8-10-25)15-5-2-4-14(20)12-15/h2-6,11-12H,7-10,13H2,1H3. The molecule has 1 fully saturated rings. The third-order valence-corrected chi connectivity index (χ3v) is 6.81. The maximum absolute atomic E-state index is 12.6. The SMILES string of the molecule is Cn1c(SCC(=O)N2CCN(c3cccc(Cl)c3)CC2)nnc1-c1cccs1. The molecule has 1 aromatic carbocycles. The molecule has 1 amide bonds. The summed E-state index contributed by atoms with van der Waals surface area (Å²) in [7, 11) is 1.94. The first-order chi connectivity index (χ1) is 13.6. The molecule has 0 bridgehead atoms. The molecule has 1 aliphatic rings. The van der Waals surface area contributed by atoms with Crippen LogP contribution in [-0.2, 0) is 11.8 Å². The van der Waals surface area contributed by atoms with Crippen LogP contribution in [0.2, 0.25) is 5.02 Å². The molecule has 9 heteroatoms. The van der Waals surface area contributed by atoms with E-state index in [1.54, 1.807) is 11.3 Å². The van der Waals surface area contributed by atoms with Crippen molar-refractivity contribution >= 4 is 46.3 Å². The lowest BCUT2D eigenvalue weighted by atomic mass is 10.2. The van der Waals surface area contributed by atoms with Gasteiger partial charge in [0, 0.05) is 43.9 Å². The van der Waals surface area contributed by atoms with Gasteiger partial charge in [-0.3, -0.25) is 4.79 Å². The molecule has 3 heterocycles. The minimum absolute atomic E-state index is 0.136. The topological polar surface area (TPSA) is 54.3 Å². The van der Waals surface area contributed by atoms with E-state index in [0.29, 0.717) is 18.8 Å². The maximum Gasteiger partial charge on any atom is 0.233 e. The number of anilines is 1. The fourth-order valence-corrected chi connectivity index (χ4v) is 4.91. The number of amides is 1. The van der Waals surface area contributed by atoms with Crippen LogP contribution >= 0.6 is 34.7 Å². The second kappa shape index (κ2) is 8.55. The van der Waals surface area contributed by atoms with Gasteiger partial charge in [-0.15, -0.1) is 21.5 Å². The van der Waals surface area contributed by atoms with Gasteiger partial charge in [-0.2, -0.15) is 0 Å². The first kappa shape index (κ1) is 19.3. The molecule has 0 atom stereocenters. The van der Waals surface area contributed by atoms with Crippen LogP contribution in [0.5, 0.6) is 0 Å². The monoisotopic (exact) mass is 433 g/mol. The van der Waals surface area contributed by atoms with Gasteiger partial charge < -0.3 is 14.4 Å². The van der Waals surface area contributed by atoms with Crippen LogP contribution in [0, 0.1) is 0 Å². The van der Waals surface area contributed by atoms with Crippen molar-refractivity contribution in [3.63, 3.8) is 0 Å². The number of benzene rings is 1. The van der Waals surface area contributed by atoms with Crippen LogP contribution in [0.1, 0.15) is 0 Å². The summed E-state index contributed by atoms with van der Waals surface area (Å²) in [6.45, 7) is 3.04. The number of hydrogen-bond acceptors (Lipinski definition) is 6. The largest absolute Gasteiger partial charge is 0.368 e. The molecule has 4 rings (SSSR count). The Morgan fingerprint density at radius 1 is 1.18 bits per heavy atom. The number of thioether (sulfide) groups is 1. The Hall–Kier alpha value is -2.03. The molecule has 1 saturated heterocycles. The van der Waals surface area contributed by atoms with Crippen molar-refractivity contribution in [3.8, 4) is 10.7 Å². The van der Waals surface area contributed by atoms with E-state index in [4.69, 9.17) is 11.6 Å². The molecule has 6 nitrogen and oxygen atoms in total. The van der Waals surface area contributed by atoms with Crippen molar-refractivity contribution in [3.05, 3.63) is 46.8 Å². The zero-order valence-corrected chi connectivity index (χ0v) is 17.8. The predicted molar refractivity (Wildman–Crippen MR) is 115 cm³/mol. The third kappa shape index (κ3) is 4.19. The van der Waals surface area contributed by atoms with E-state index in [0.717, 1.165) is 39.7 Å². The Morgan fingerprint density at radius 2 is 2.00 bits per heavy atom. The van der Waals surface area contributed by atoms with E-state index in [1.807, 2.05) is 52.2 Å². The van der Waals surface area contributed by atoms with E-state index in [2.05, 4.69) is 21.2 Å². The van der Waals surface area contributed by atoms with Gasteiger partial charge in [0.15, 0.2) is 11.0 Å². The fraction of sp³-hybridized carbons (Fsp3) is 0.316. The lowest BCUT2D eigenvalue weighted by molar-refractivity contribution is -0.128. The van der Waals surface area contributed by atoms with E-state index in [1.165, 1.54) is 11.8 Å². The molecule has 28 heavy (non-hydrogen) atoms. The third-order valence-electron chi connectivity index (χ3n) is 4.71. The number of rotatable bonds is 5. The highest BCUT2D eigenvalue weighted by molar-refractivity contribution is 7.99. The predicted octanol–water partition coefficient (Wildman–Crippen LogP) is 3.64. The van der Waals surface area contributed by atoms with Crippen LogP contribution in [0.25, 0.3) is 10.7 Å². The number of aromatic nitrogens is 3. The van der Waals surface area contributed by atoms with Gasteiger partial charge in [0.1, 0.15) is 0 Å². The first-order valence-corrected chi connectivity index (χ1v) is 11.2. The molecule has 146 valence electrons. The van der Waals surface area contributed by atoms with E-state index >= 15 is 0 Å². The number of hydrogen-bond donors (Lipinski definition) is 0. The smallest absolute Gasteiger partial charge is 0.233 e. The molecule has 0 radical (unpaired) electrons. The van der Waals surface area contributed by atoms with E-state index in [9.17, 15) is 4.79 Å². The molecule has 0 aliphatic carbocycles. The second-order valence-electron chi connectivity index (χ2n) is 6.48. The zero-order valence-electron chi connectivity index (χ0n) is 15.4. The molecule has 0 N–H and O–H groups in total. The number of carbonyl (C=O) groups is 1. The van der Waals surface area contributed by atoms with E-state index < -0.39 is 0 Å². The summed E-state index contributed by atoms with van der Waals surface area (Å²) in [6, 6.07) is 11.9. The number of thiophene rings is 1. The first-order valence-electron chi connectivity index (χ1n) is 8.96. The summed E-state index contributed by atoms with van der Waals surface area (Å²) in [5.41, 5.74) is 1.11. The Balaban J connectivity index is 1.31. The molecular formula is C19H20ClN5OS2. The highest BCUT2D eigenvalue weighted by Crippen LogP contribution is 2.26. The highest BCUT2D eigenvalue weighted by Gasteiger charge is 2.22. The van der Waals surface area contributed by atoms with Gasteiger partial charge in [0.05, 0.1) is 10.6 Å². The van der Waals surface area contributed by atoms with Gasteiger partial charge in [-0.05, 0) is 29.6 Å². The van der Waals surface area contributed by atoms with Gasteiger partial charge in [-0.1, -0.05) is 35.5 Å². The minimum Gasteiger partial charge on any atom is -0.368 e. The fourth-order valence-electron chi connectivity index (χ4n) is 3.17. The maximum atomic E-state index is 12.6. The van der Waals surface area contributed by atoms with Crippen LogP contribution in [0.3, 0.4) is 0 Å². The Bertz CT molecular complexity index is 951. The summed E-state index contributed by atoms with van der Waals surface area (Å²) >= 11 is 9.15. The van der Waals surface area contributed by atoms with Gasteiger partial charge in [-0.25, -0.2) is 0 Å². The van der Waals surface area contributed by atoms with Crippen molar-refractivity contribution in [2.45, 2.75) is 5.16 Å². The minimum atomic E-state index is 0.136. The highest BCUT2D eigenvalue weighted by atomic mass is 35.5. The molecule has 2 aromatic heterocycles. The molecule has 0 spiro atoms. The molecule has 3 aromatic rings. The summed E-state index contributed by atoms with van der Waals surface area (Å²) < 4.78 is 1.95. The van der Waals surface area contributed by atoms with Crippen molar-refractivity contribution in [1.82, 2.24) is 19.7 Å². The average molecular weight is 434 g/mol. The second-order valence-corrected chi connectivity index (χ2v) is 8.81. The summed E-state index contributed by atoms with van der Waals surface area (Å²) in [4.78, 5) is 17.9. The molecular weight excluding hydrogens is 414 g/mol. The molecule has 1 aliphatic heterocycles. The van der Waals surface area contributed by atoms with Gasteiger partial charge in [0.2, 0.25) is 5.91 Å². The summed E-state index contributed by atoms with van der Waals surface area (Å²) in [5, 5.41) is 12.0. The van der Waals surface area contributed by atoms with Crippen molar-refractivity contribution in [2.24, 2.45) is 7.05 Å². The van der Waals surface area contributed by atoms with Gasteiger partial charge in [0.25, 0.3) is 0 Å². The lowest BCUT2D eigenvalue weighted by Gasteiger charge is -2.36. The number of halogens is 1. The van der Waals surface area contributed by atoms with Crippen molar-refractivity contribution < 1.29 is 4.79 Å². The lowest BCUT2D eigenvalue weighted by Crippen LogP contribution is -2.49. The van der Waals surface area contributed by atoms with Crippen LogP contribution in [-0.4, -0.2) is 57.5 Å². The molecule has 0 unspecified atom stereocenters.